The van der Waals surface area contributed by atoms with E-state index in [2.05, 4.69) is 0 Å². The second-order valence-electron chi connectivity index (χ2n) is 5.04. The Morgan fingerprint density at radius 2 is 1.91 bits per heavy atom. The van der Waals surface area contributed by atoms with Gasteiger partial charge in [0.05, 0.1) is 19.1 Å². The maximum Gasteiger partial charge on any atom is 0.281 e. The summed E-state index contributed by atoms with van der Waals surface area (Å²) in [7, 11) is 4.00. The van der Waals surface area contributed by atoms with Crippen LogP contribution in [0.2, 0.25) is 10.0 Å². The van der Waals surface area contributed by atoms with E-state index in [0.717, 1.165) is 17.1 Å². The van der Waals surface area contributed by atoms with Gasteiger partial charge in [-0.15, -0.1) is 0 Å². The minimum absolute atomic E-state index is 0. The minimum atomic E-state index is 0. The highest BCUT2D eigenvalue weighted by Gasteiger charge is 2.10. The number of aromatic nitrogens is 2. The van der Waals surface area contributed by atoms with Crippen LogP contribution < -0.4 is 28.5 Å². The van der Waals surface area contributed by atoms with Gasteiger partial charge in [0.2, 0.25) is 0 Å². The molecule has 0 aliphatic heterocycles. The van der Waals surface area contributed by atoms with Gasteiger partial charge in [-0.25, -0.2) is 9.13 Å². The second-order valence-corrected chi connectivity index (χ2v) is 5.88. The molecule has 6 heteroatoms. The molecule has 0 N–H and O–H groups in total. The molecule has 0 bridgehead atoms. The van der Waals surface area contributed by atoms with Gasteiger partial charge in [0, 0.05) is 16.7 Å². The summed E-state index contributed by atoms with van der Waals surface area (Å²) in [6.07, 6.45) is 7.93. The highest BCUT2D eigenvalue weighted by Crippen LogP contribution is 2.32. The van der Waals surface area contributed by atoms with Crippen molar-refractivity contribution in [1.82, 2.24) is 4.57 Å². The Hall–Kier alpha value is -1.24. The van der Waals surface area contributed by atoms with E-state index in [4.69, 9.17) is 27.6 Å². The van der Waals surface area contributed by atoms with Gasteiger partial charge in [0.1, 0.15) is 23.9 Å². The molecule has 2 heterocycles. The molecule has 120 valence electrons. The van der Waals surface area contributed by atoms with Gasteiger partial charge in [-0.3, -0.25) is 0 Å². The second kappa shape index (κ2) is 7.55. The number of nitrogens with zero attached hydrogens (tertiary/aromatic N) is 2. The summed E-state index contributed by atoms with van der Waals surface area (Å²) in [4.78, 5) is 0. The third-order valence-corrected chi connectivity index (χ3v) is 4.02. The lowest BCUT2D eigenvalue weighted by atomic mass is 10.2. The van der Waals surface area contributed by atoms with Gasteiger partial charge in [-0.2, -0.15) is 0 Å². The molecule has 0 aliphatic rings. The average molecular weight is 461 g/mol. The molecule has 3 rings (SSSR count). The van der Waals surface area contributed by atoms with Crippen molar-refractivity contribution in [3.8, 4) is 11.3 Å². The fraction of sp³-hybridized carbons (Fsp3) is 0.118. The van der Waals surface area contributed by atoms with Crippen LogP contribution in [0.4, 0.5) is 0 Å². The van der Waals surface area contributed by atoms with Gasteiger partial charge in [-0.05, 0) is 36.4 Å². The first-order chi connectivity index (χ1) is 10.5. The van der Waals surface area contributed by atoms with Gasteiger partial charge in [0.15, 0.2) is 0 Å². The molecular weight excluding hydrogens is 446 g/mol. The van der Waals surface area contributed by atoms with Crippen LogP contribution in [0.3, 0.4) is 0 Å². The molecule has 0 unspecified atom stereocenters. The molecule has 0 fully saturated rings. The van der Waals surface area contributed by atoms with E-state index < -0.39 is 0 Å². The number of rotatable bonds is 3. The SMILES string of the molecule is Cn1cc[n+](C)c1/C=C/c1ccc(-c2cc(Cl)ccc2Cl)o1.[I-]. The van der Waals surface area contributed by atoms with Crippen LogP contribution in [0.25, 0.3) is 23.5 Å². The normalized spacial score (nSPS) is 11.0. The summed E-state index contributed by atoms with van der Waals surface area (Å²) in [6.45, 7) is 0. The number of hydrogen-bond donors (Lipinski definition) is 0. The summed E-state index contributed by atoms with van der Waals surface area (Å²) in [5.74, 6) is 2.52. The quantitative estimate of drug-likeness (QED) is 0.429. The summed E-state index contributed by atoms with van der Waals surface area (Å²) in [5, 5.41) is 1.24. The molecular formula is C17H15Cl2IN2O. The number of imidazole rings is 1. The number of furan rings is 1. The van der Waals surface area contributed by atoms with Crippen LogP contribution in [-0.4, -0.2) is 4.57 Å². The average Bonchev–Trinajstić information content (AvgIpc) is 3.07. The van der Waals surface area contributed by atoms with E-state index >= 15 is 0 Å². The standard InChI is InChI=1S/C17H15Cl2N2O.HI/c1-20-9-10-21(2)17(20)8-5-13-4-7-16(22-13)14-11-12(18)3-6-15(14)19;/h3-11H,1-2H3;1H/q+1;/p-1/b8-5+;. The van der Waals surface area contributed by atoms with Crippen LogP contribution in [0.1, 0.15) is 11.6 Å². The van der Waals surface area contributed by atoms with Crippen molar-refractivity contribution in [1.29, 1.82) is 0 Å². The predicted octanol–water partition coefficient (Wildman–Crippen LogP) is 1.59. The first-order valence-corrected chi connectivity index (χ1v) is 7.54. The largest absolute Gasteiger partial charge is 1.00 e. The van der Waals surface area contributed by atoms with Crippen molar-refractivity contribution in [2.24, 2.45) is 14.1 Å². The molecule has 0 saturated heterocycles. The van der Waals surface area contributed by atoms with E-state index in [1.807, 2.05) is 59.9 Å². The van der Waals surface area contributed by atoms with Crippen molar-refractivity contribution < 1.29 is 33.0 Å². The highest BCUT2D eigenvalue weighted by atomic mass is 127. The zero-order valence-electron chi connectivity index (χ0n) is 12.6. The van der Waals surface area contributed by atoms with E-state index in [1.54, 1.807) is 18.2 Å². The fourth-order valence-corrected chi connectivity index (χ4v) is 2.65. The van der Waals surface area contributed by atoms with Crippen LogP contribution in [0.15, 0.2) is 47.1 Å². The molecule has 0 saturated carbocycles. The Kier molecular flexibility index (Phi) is 5.95. The van der Waals surface area contributed by atoms with Crippen molar-refractivity contribution >= 4 is 35.4 Å². The molecule has 0 amide bonds. The maximum atomic E-state index is 6.20. The Bertz CT molecular complexity index is 833. The predicted molar refractivity (Wildman–Crippen MR) is 89.7 cm³/mol. The molecule has 2 aromatic heterocycles. The Morgan fingerprint density at radius 1 is 1.13 bits per heavy atom. The lowest BCUT2D eigenvalue weighted by Gasteiger charge is -2.00. The summed E-state index contributed by atoms with van der Waals surface area (Å²) in [6, 6.07) is 9.12. The first kappa shape index (κ1) is 18.1. The van der Waals surface area contributed by atoms with Crippen molar-refractivity contribution in [2.75, 3.05) is 0 Å². The maximum absolute atomic E-state index is 6.20. The highest BCUT2D eigenvalue weighted by molar-refractivity contribution is 6.35. The minimum Gasteiger partial charge on any atom is -1.00 e. The summed E-state index contributed by atoms with van der Waals surface area (Å²) < 4.78 is 9.91. The zero-order valence-corrected chi connectivity index (χ0v) is 16.3. The van der Waals surface area contributed by atoms with Crippen molar-refractivity contribution in [3.05, 3.63) is 64.4 Å². The topological polar surface area (TPSA) is 21.9 Å². The fourth-order valence-electron chi connectivity index (χ4n) is 2.27. The number of halogens is 3. The monoisotopic (exact) mass is 460 g/mol. The smallest absolute Gasteiger partial charge is 0.281 e. The van der Waals surface area contributed by atoms with Gasteiger partial charge in [0.25, 0.3) is 5.82 Å². The Morgan fingerprint density at radius 3 is 2.61 bits per heavy atom. The van der Waals surface area contributed by atoms with Gasteiger partial charge < -0.3 is 28.4 Å². The van der Waals surface area contributed by atoms with E-state index in [1.165, 1.54) is 0 Å². The molecule has 3 nitrogen and oxygen atoms in total. The summed E-state index contributed by atoms with van der Waals surface area (Å²) in [5.41, 5.74) is 0.790. The first-order valence-electron chi connectivity index (χ1n) is 6.79. The number of hydrogen-bond acceptors (Lipinski definition) is 1. The van der Waals surface area contributed by atoms with Crippen LogP contribution in [-0.2, 0) is 14.1 Å². The summed E-state index contributed by atoms with van der Waals surface area (Å²) >= 11 is 12.2. The molecule has 3 aromatic rings. The lowest BCUT2D eigenvalue weighted by molar-refractivity contribution is -0.672. The van der Waals surface area contributed by atoms with Crippen LogP contribution >= 0.6 is 23.2 Å². The van der Waals surface area contributed by atoms with Gasteiger partial charge >= 0.3 is 0 Å². The third-order valence-electron chi connectivity index (χ3n) is 3.45. The number of benzene rings is 1. The molecule has 23 heavy (non-hydrogen) atoms. The molecule has 0 radical (unpaired) electrons. The molecule has 0 spiro atoms. The Balaban J connectivity index is 0.00000192. The van der Waals surface area contributed by atoms with E-state index in [0.29, 0.717) is 15.8 Å². The molecule has 1 aromatic carbocycles. The van der Waals surface area contributed by atoms with Crippen molar-refractivity contribution in [2.45, 2.75) is 0 Å². The van der Waals surface area contributed by atoms with E-state index in [9.17, 15) is 0 Å². The molecule has 0 atom stereocenters. The zero-order chi connectivity index (χ0) is 15.7. The lowest BCUT2D eigenvalue weighted by Crippen LogP contribution is -3.00. The van der Waals surface area contributed by atoms with Gasteiger partial charge in [-0.1, -0.05) is 23.2 Å². The molecule has 0 aliphatic carbocycles. The van der Waals surface area contributed by atoms with E-state index in [-0.39, 0.29) is 24.0 Å². The Labute approximate surface area is 162 Å². The van der Waals surface area contributed by atoms with Crippen LogP contribution in [0.5, 0.6) is 0 Å². The third kappa shape index (κ3) is 4.00. The number of aryl methyl sites for hydroxylation is 2. The van der Waals surface area contributed by atoms with Crippen LogP contribution in [0, 0.1) is 0 Å². The van der Waals surface area contributed by atoms with Crippen molar-refractivity contribution in [3.63, 3.8) is 0 Å².